The van der Waals surface area contributed by atoms with Gasteiger partial charge in [-0.05, 0) is 26.0 Å². The van der Waals surface area contributed by atoms with Gasteiger partial charge >= 0.3 is 0 Å². The van der Waals surface area contributed by atoms with Crippen LogP contribution in [-0.2, 0) is 11.3 Å². The van der Waals surface area contributed by atoms with Gasteiger partial charge < -0.3 is 15.2 Å². The van der Waals surface area contributed by atoms with Crippen LogP contribution in [0.2, 0.25) is 0 Å². The lowest BCUT2D eigenvalue weighted by Gasteiger charge is -2.23. The van der Waals surface area contributed by atoms with E-state index in [1.807, 2.05) is 26.0 Å². The van der Waals surface area contributed by atoms with Gasteiger partial charge in [-0.15, -0.1) is 0 Å². The summed E-state index contributed by atoms with van der Waals surface area (Å²) in [5, 5.41) is 0. The lowest BCUT2D eigenvalue weighted by Crippen LogP contribution is -2.29. The average molecular weight is 241 g/mol. The molecule has 0 atom stereocenters. The minimum Gasteiger partial charge on any atom is -0.496 e. The first-order valence-corrected chi connectivity index (χ1v) is 5.72. The molecule has 0 aliphatic heterocycles. The molecule has 0 spiro atoms. The summed E-state index contributed by atoms with van der Waals surface area (Å²) < 4.78 is 10.7. The van der Waals surface area contributed by atoms with Crippen LogP contribution in [0.3, 0.4) is 0 Å². The fourth-order valence-corrected chi connectivity index (χ4v) is 1.84. The van der Waals surface area contributed by atoms with Crippen LogP contribution in [0.25, 0.3) is 0 Å². The Labute approximate surface area is 102 Å². The van der Waals surface area contributed by atoms with Crippen molar-refractivity contribution in [3.05, 3.63) is 23.3 Å². The second-order valence-corrected chi connectivity index (χ2v) is 4.56. The zero-order chi connectivity index (χ0) is 12.3. The van der Waals surface area contributed by atoms with Gasteiger partial charge in [0.1, 0.15) is 11.5 Å². The Morgan fingerprint density at radius 1 is 1.19 bits per heavy atom. The molecule has 2 N–H and O–H groups in total. The predicted octanol–water partition coefficient (Wildman–Crippen LogP) is 2.33. The lowest BCUT2D eigenvalue weighted by atomic mass is 9.93. The molecule has 0 bridgehead atoms. The van der Waals surface area contributed by atoms with Crippen LogP contribution in [0.4, 0.5) is 0 Å². The van der Waals surface area contributed by atoms with Crippen molar-refractivity contribution in [3.63, 3.8) is 0 Å². The molecule has 0 aromatic heterocycles. The third-order valence-corrected chi connectivity index (χ3v) is 2.81. The Bertz CT molecular complexity index is 372. The van der Waals surface area contributed by atoms with Gasteiger partial charge in [0.2, 0.25) is 0 Å². The number of methoxy groups -OCH3 is 2. The van der Waals surface area contributed by atoms with Crippen molar-refractivity contribution in [1.82, 2.24) is 0 Å². The Morgan fingerprint density at radius 3 is 2.12 bits per heavy atom. The molecule has 0 heterocycles. The Morgan fingerprint density at radius 2 is 1.75 bits per heavy atom. The Balaban J connectivity index is 3.38. The molecule has 1 aromatic rings. The van der Waals surface area contributed by atoms with Gasteiger partial charge in [-0.25, -0.2) is 0 Å². The van der Waals surface area contributed by atoms with E-state index in [0.29, 0.717) is 5.75 Å². The fraction of sp³-hybridized carbons (Fsp3) is 0.500. The van der Waals surface area contributed by atoms with Crippen molar-refractivity contribution < 1.29 is 9.47 Å². The highest BCUT2D eigenvalue weighted by atomic mass is 32.1. The normalized spacial score (nSPS) is 11.4. The van der Waals surface area contributed by atoms with Crippen LogP contribution in [0, 0.1) is 0 Å². The van der Waals surface area contributed by atoms with Crippen molar-refractivity contribution in [1.29, 1.82) is 0 Å². The molecule has 0 aliphatic carbocycles. The summed E-state index contributed by atoms with van der Waals surface area (Å²) in [5.74, 6) is 2.17. The van der Waals surface area contributed by atoms with Crippen molar-refractivity contribution in [3.8, 4) is 11.5 Å². The van der Waals surface area contributed by atoms with Crippen LogP contribution in [-0.4, -0.2) is 14.2 Å². The van der Waals surface area contributed by atoms with E-state index in [0.717, 1.165) is 22.6 Å². The van der Waals surface area contributed by atoms with Gasteiger partial charge in [0.15, 0.2) is 0 Å². The van der Waals surface area contributed by atoms with Gasteiger partial charge in [0, 0.05) is 22.4 Å². The number of hydrogen-bond donors (Lipinski definition) is 2. The minimum absolute atomic E-state index is 0.465. The minimum atomic E-state index is -0.465. The average Bonchev–Trinajstić information content (AvgIpc) is 2.25. The van der Waals surface area contributed by atoms with Gasteiger partial charge in [-0.2, -0.15) is 12.6 Å². The van der Waals surface area contributed by atoms with Crippen LogP contribution in [0.5, 0.6) is 11.5 Å². The summed E-state index contributed by atoms with van der Waals surface area (Å²) in [5.41, 5.74) is 7.55. The molecule has 0 saturated heterocycles. The number of rotatable bonds is 4. The van der Waals surface area contributed by atoms with Crippen molar-refractivity contribution in [2.24, 2.45) is 5.73 Å². The van der Waals surface area contributed by atoms with E-state index < -0.39 is 5.54 Å². The summed E-state index contributed by atoms with van der Waals surface area (Å²) in [6.07, 6.45) is 0. The Kier molecular flexibility index (Phi) is 4.10. The monoisotopic (exact) mass is 241 g/mol. The number of nitrogens with two attached hydrogens (primary N) is 1. The van der Waals surface area contributed by atoms with E-state index in [-0.39, 0.29) is 0 Å². The number of hydrogen-bond acceptors (Lipinski definition) is 4. The molecule has 0 aliphatic rings. The summed E-state index contributed by atoms with van der Waals surface area (Å²) in [6.45, 7) is 3.87. The lowest BCUT2D eigenvalue weighted by molar-refractivity contribution is 0.383. The van der Waals surface area contributed by atoms with Crippen LogP contribution >= 0.6 is 12.6 Å². The van der Waals surface area contributed by atoms with E-state index in [4.69, 9.17) is 15.2 Å². The highest BCUT2D eigenvalue weighted by Crippen LogP contribution is 2.34. The molecule has 0 saturated carbocycles. The maximum atomic E-state index is 6.09. The maximum Gasteiger partial charge on any atom is 0.124 e. The smallest absolute Gasteiger partial charge is 0.124 e. The van der Waals surface area contributed by atoms with Gasteiger partial charge in [-0.3, -0.25) is 0 Å². The molecule has 3 nitrogen and oxygen atoms in total. The first-order chi connectivity index (χ1) is 7.43. The van der Waals surface area contributed by atoms with Gasteiger partial charge in [0.25, 0.3) is 0 Å². The first-order valence-electron chi connectivity index (χ1n) is 5.09. The van der Waals surface area contributed by atoms with Crippen molar-refractivity contribution in [2.75, 3.05) is 14.2 Å². The quantitative estimate of drug-likeness (QED) is 0.795. The topological polar surface area (TPSA) is 44.5 Å². The SMILES string of the molecule is COc1cc(C(C)(C)N)c(OC)cc1CS. The highest BCUT2D eigenvalue weighted by Gasteiger charge is 2.21. The molecule has 0 amide bonds. The van der Waals surface area contributed by atoms with E-state index in [1.54, 1.807) is 14.2 Å². The van der Waals surface area contributed by atoms with E-state index in [2.05, 4.69) is 12.6 Å². The molecule has 90 valence electrons. The number of ether oxygens (including phenoxy) is 2. The number of thiol groups is 1. The zero-order valence-corrected chi connectivity index (χ0v) is 11.1. The predicted molar refractivity (Wildman–Crippen MR) is 69.4 cm³/mol. The molecule has 16 heavy (non-hydrogen) atoms. The number of benzene rings is 1. The van der Waals surface area contributed by atoms with Crippen LogP contribution < -0.4 is 15.2 Å². The summed E-state index contributed by atoms with van der Waals surface area (Å²) in [4.78, 5) is 0. The second-order valence-electron chi connectivity index (χ2n) is 4.24. The molecule has 1 rings (SSSR count). The van der Waals surface area contributed by atoms with Crippen molar-refractivity contribution >= 4 is 12.6 Å². The molecule has 0 unspecified atom stereocenters. The highest BCUT2D eigenvalue weighted by molar-refractivity contribution is 7.79. The summed E-state index contributed by atoms with van der Waals surface area (Å²) in [6, 6.07) is 3.85. The second kappa shape index (κ2) is 4.97. The van der Waals surface area contributed by atoms with Crippen molar-refractivity contribution in [2.45, 2.75) is 25.1 Å². The van der Waals surface area contributed by atoms with E-state index >= 15 is 0 Å². The summed E-state index contributed by atoms with van der Waals surface area (Å²) in [7, 11) is 3.28. The Hall–Kier alpha value is -0.870. The maximum absolute atomic E-state index is 6.09. The molecule has 0 fully saturated rings. The third kappa shape index (κ3) is 2.62. The molecule has 0 radical (unpaired) electrons. The van der Waals surface area contributed by atoms with E-state index in [9.17, 15) is 0 Å². The first kappa shape index (κ1) is 13.2. The van der Waals surface area contributed by atoms with E-state index in [1.165, 1.54) is 0 Å². The third-order valence-electron chi connectivity index (χ3n) is 2.47. The van der Waals surface area contributed by atoms with Gasteiger partial charge in [-0.1, -0.05) is 0 Å². The van der Waals surface area contributed by atoms with Crippen LogP contribution in [0.1, 0.15) is 25.0 Å². The summed E-state index contributed by atoms with van der Waals surface area (Å²) >= 11 is 4.26. The van der Waals surface area contributed by atoms with Crippen LogP contribution in [0.15, 0.2) is 12.1 Å². The molecular formula is C12H19NO2S. The molecular weight excluding hydrogens is 222 g/mol. The largest absolute Gasteiger partial charge is 0.496 e. The standard InChI is InChI=1S/C12H19NO2S/c1-12(2,13)9-6-10(14-3)8(7-16)5-11(9)15-4/h5-6,16H,7,13H2,1-4H3. The molecule has 1 aromatic carbocycles. The zero-order valence-electron chi connectivity index (χ0n) is 10.2. The molecule has 4 heteroatoms. The van der Waals surface area contributed by atoms with Gasteiger partial charge in [0.05, 0.1) is 14.2 Å². The fourth-order valence-electron chi connectivity index (χ4n) is 1.59.